The second-order valence-electron chi connectivity index (χ2n) is 1.71. The average molecular weight is 128 g/mol. The van der Waals surface area contributed by atoms with Gasteiger partial charge in [-0.2, -0.15) is 5.21 Å². The van der Waals surface area contributed by atoms with Gasteiger partial charge < -0.3 is 0 Å². The van der Waals surface area contributed by atoms with Crippen LogP contribution < -0.4 is 0 Å². The molecule has 1 aromatic heterocycles. The molecule has 50 valence electrons. The third kappa shape index (κ3) is 1.60. The van der Waals surface area contributed by atoms with Gasteiger partial charge in [0.25, 0.3) is 0 Å². The Kier molecular flexibility index (Phi) is 1.53. The van der Waals surface area contributed by atoms with Crippen LogP contribution in [0.5, 0.6) is 0 Å². The molecular formula is C4H8N4O. The van der Waals surface area contributed by atoms with Gasteiger partial charge in [0.05, 0.1) is 6.42 Å². The van der Waals surface area contributed by atoms with E-state index in [1.54, 1.807) is 0 Å². The summed E-state index contributed by atoms with van der Waals surface area (Å²) in [5.74, 6) is 0.485. The predicted molar refractivity (Wildman–Crippen MR) is 30.7 cm³/mol. The number of tetrazole rings is 1. The fourth-order valence-corrected chi connectivity index (χ4v) is 0.480. The molecule has 5 nitrogen and oxygen atoms in total. The third-order valence-electron chi connectivity index (χ3n) is 0.796. The molecular weight excluding hydrogens is 120 g/mol. The normalized spacial score (nSPS) is 9.44. The van der Waals surface area contributed by atoms with Gasteiger partial charge in [0, 0.05) is 1.43 Å². The molecule has 0 aromatic carbocycles. The molecule has 0 saturated heterocycles. The quantitative estimate of drug-likeness (QED) is 0.587. The summed E-state index contributed by atoms with van der Waals surface area (Å²) in [7, 11) is 0. The van der Waals surface area contributed by atoms with Gasteiger partial charge >= 0.3 is 0 Å². The number of rotatable bonds is 2. The summed E-state index contributed by atoms with van der Waals surface area (Å²) < 4.78 is 0. The average Bonchev–Trinajstić information content (AvgIpc) is 2.15. The maximum Gasteiger partial charge on any atom is 0.181 e. The maximum atomic E-state index is 10.4. The molecule has 0 fully saturated rings. The maximum absolute atomic E-state index is 10.4. The van der Waals surface area contributed by atoms with Crippen LogP contribution in [0.25, 0.3) is 0 Å². The molecule has 1 aromatic rings. The SMILES string of the molecule is CC(=O)Cc1nn[nH]n1.[HH]. The van der Waals surface area contributed by atoms with Crippen LogP contribution in [0.1, 0.15) is 14.2 Å². The molecule has 0 radical (unpaired) electrons. The summed E-state index contributed by atoms with van der Waals surface area (Å²) in [6.45, 7) is 1.48. The first-order valence-corrected chi connectivity index (χ1v) is 2.51. The van der Waals surface area contributed by atoms with E-state index in [1.807, 2.05) is 0 Å². The molecule has 0 unspecified atom stereocenters. The van der Waals surface area contributed by atoms with Crippen molar-refractivity contribution in [2.75, 3.05) is 0 Å². The molecule has 0 atom stereocenters. The first-order chi connectivity index (χ1) is 4.29. The second kappa shape index (κ2) is 2.34. The Balaban J connectivity index is 0.000000810. The van der Waals surface area contributed by atoms with E-state index in [4.69, 9.17) is 0 Å². The predicted octanol–water partition coefficient (Wildman–Crippen LogP) is -0.423. The Labute approximate surface area is 52.9 Å². The van der Waals surface area contributed by atoms with Crippen LogP contribution in [0, 0.1) is 0 Å². The minimum Gasteiger partial charge on any atom is -0.300 e. The summed E-state index contributed by atoms with van der Waals surface area (Å²) in [5.41, 5.74) is 0. The molecule has 1 heterocycles. The Morgan fingerprint density at radius 3 is 3.11 bits per heavy atom. The van der Waals surface area contributed by atoms with E-state index in [9.17, 15) is 4.79 Å². The van der Waals surface area contributed by atoms with Crippen molar-refractivity contribution in [3.63, 3.8) is 0 Å². The number of aromatic nitrogens is 4. The Hall–Kier alpha value is -1.26. The van der Waals surface area contributed by atoms with Gasteiger partial charge in [-0.15, -0.1) is 10.2 Å². The lowest BCUT2D eigenvalue weighted by Gasteiger charge is -1.81. The van der Waals surface area contributed by atoms with Gasteiger partial charge in [-0.1, -0.05) is 5.21 Å². The number of hydrogen-bond donors (Lipinski definition) is 1. The molecule has 1 N–H and O–H groups in total. The van der Waals surface area contributed by atoms with Crippen molar-refractivity contribution in [1.29, 1.82) is 0 Å². The van der Waals surface area contributed by atoms with Crippen LogP contribution in [0.4, 0.5) is 0 Å². The lowest BCUT2D eigenvalue weighted by atomic mass is 10.3. The van der Waals surface area contributed by atoms with Crippen LogP contribution >= 0.6 is 0 Å². The van der Waals surface area contributed by atoms with E-state index in [-0.39, 0.29) is 13.6 Å². The van der Waals surface area contributed by atoms with E-state index in [0.29, 0.717) is 5.82 Å². The van der Waals surface area contributed by atoms with Gasteiger partial charge in [0.15, 0.2) is 5.82 Å². The molecule has 1 rings (SSSR count). The highest BCUT2D eigenvalue weighted by molar-refractivity contribution is 5.77. The summed E-state index contributed by atoms with van der Waals surface area (Å²) in [6.07, 6.45) is 0.260. The van der Waals surface area contributed by atoms with Gasteiger partial charge in [-0.25, -0.2) is 0 Å². The minimum atomic E-state index is 0. The number of nitrogens with one attached hydrogen (secondary N) is 1. The minimum absolute atomic E-state index is 0. The highest BCUT2D eigenvalue weighted by Crippen LogP contribution is 1.84. The molecule has 0 bridgehead atoms. The number of hydrogen-bond acceptors (Lipinski definition) is 4. The van der Waals surface area contributed by atoms with Gasteiger partial charge in [-0.05, 0) is 6.92 Å². The van der Waals surface area contributed by atoms with Crippen LogP contribution in [0.2, 0.25) is 0 Å². The number of aromatic amines is 1. The molecule has 0 aliphatic heterocycles. The first kappa shape index (κ1) is 5.87. The van der Waals surface area contributed by atoms with Crippen LogP contribution in [-0.2, 0) is 11.2 Å². The van der Waals surface area contributed by atoms with Gasteiger partial charge in [0.2, 0.25) is 0 Å². The molecule has 0 saturated carbocycles. The van der Waals surface area contributed by atoms with Crippen molar-refractivity contribution >= 4 is 5.78 Å². The lowest BCUT2D eigenvalue weighted by molar-refractivity contribution is -0.116. The Morgan fingerprint density at radius 1 is 1.89 bits per heavy atom. The number of carbonyl (C=O) groups is 1. The molecule has 0 aliphatic carbocycles. The Morgan fingerprint density at radius 2 is 2.67 bits per heavy atom. The number of H-pyrrole nitrogens is 1. The lowest BCUT2D eigenvalue weighted by Crippen LogP contribution is -1.97. The molecule has 5 heteroatoms. The fourth-order valence-electron chi connectivity index (χ4n) is 0.480. The summed E-state index contributed by atoms with van der Waals surface area (Å²) >= 11 is 0. The summed E-state index contributed by atoms with van der Waals surface area (Å²) in [5, 5.41) is 12.7. The first-order valence-electron chi connectivity index (χ1n) is 2.51. The number of ketones is 1. The topological polar surface area (TPSA) is 71.5 Å². The zero-order valence-electron chi connectivity index (χ0n) is 4.96. The number of Topliss-reactive ketones (excluding diaryl/α,β-unsaturated/α-hetero) is 1. The van der Waals surface area contributed by atoms with E-state index < -0.39 is 0 Å². The van der Waals surface area contributed by atoms with Gasteiger partial charge in [0.1, 0.15) is 5.78 Å². The highest BCUT2D eigenvalue weighted by atomic mass is 16.1. The van der Waals surface area contributed by atoms with Crippen molar-refractivity contribution in [2.24, 2.45) is 0 Å². The van der Waals surface area contributed by atoms with E-state index in [1.165, 1.54) is 6.92 Å². The number of carbonyl (C=O) groups excluding carboxylic acids is 1. The van der Waals surface area contributed by atoms with Crippen LogP contribution in [-0.4, -0.2) is 26.4 Å². The van der Waals surface area contributed by atoms with Crippen molar-refractivity contribution in [2.45, 2.75) is 13.3 Å². The van der Waals surface area contributed by atoms with Gasteiger partial charge in [-0.3, -0.25) is 4.79 Å². The highest BCUT2D eigenvalue weighted by Gasteiger charge is 1.99. The van der Waals surface area contributed by atoms with Crippen molar-refractivity contribution in [3.05, 3.63) is 5.82 Å². The molecule has 0 aliphatic rings. The van der Waals surface area contributed by atoms with E-state index in [2.05, 4.69) is 20.6 Å². The largest absolute Gasteiger partial charge is 0.300 e. The standard InChI is InChI=1S/C4H6N4O.H2/c1-3(9)2-4-5-7-8-6-4;/h2H2,1H3,(H,5,6,7,8);1H. The molecule has 0 spiro atoms. The monoisotopic (exact) mass is 128 g/mol. The molecule has 9 heavy (non-hydrogen) atoms. The van der Waals surface area contributed by atoms with Crippen molar-refractivity contribution in [1.82, 2.24) is 20.6 Å². The fraction of sp³-hybridized carbons (Fsp3) is 0.500. The van der Waals surface area contributed by atoms with E-state index >= 15 is 0 Å². The smallest absolute Gasteiger partial charge is 0.181 e. The summed E-state index contributed by atoms with van der Waals surface area (Å²) in [6, 6.07) is 0. The molecule has 0 amide bonds. The zero-order chi connectivity index (χ0) is 6.69. The third-order valence-corrected chi connectivity index (χ3v) is 0.796. The van der Waals surface area contributed by atoms with Crippen molar-refractivity contribution < 1.29 is 6.22 Å². The second-order valence-corrected chi connectivity index (χ2v) is 1.71. The van der Waals surface area contributed by atoms with Crippen LogP contribution in [0.15, 0.2) is 0 Å². The summed E-state index contributed by atoms with van der Waals surface area (Å²) in [4.78, 5) is 10.4. The zero-order valence-corrected chi connectivity index (χ0v) is 4.96. The Bertz CT molecular complexity index is 197. The van der Waals surface area contributed by atoms with E-state index in [0.717, 1.165) is 0 Å². The number of nitrogens with zero attached hydrogens (tertiary/aromatic N) is 3. The van der Waals surface area contributed by atoms with Crippen molar-refractivity contribution in [3.8, 4) is 0 Å². The van der Waals surface area contributed by atoms with Crippen LogP contribution in [0.3, 0.4) is 0 Å².